The first kappa shape index (κ1) is 20.4. The highest BCUT2D eigenvalue weighted by atomic mass is 127. The standard InChI is InChI=1S/C19H31IO3Si/c1-19(2,3)24(4,5)22-14-18-17(11-16(12-20)23-18)21-13-15-9-7-6-8-10-15/h6-10,16-18H,11-14H2,1-5H3/t16-,17+,18+/m1/s1. The predicted molar refractivity (Wildman–Crippen MR) is 110 cm³/mol. The van der Waals surface area contributed by atoms with Crippen LogP contribution in [0.25, 0.3) is 0 Å². The van der Waals surface area contributed by atoms with Gasteiger partial charge in [-0.3, -0.25) is 0 Å². The second-order valence-corrected chi connectivity index (χ2v) is 13.8. The molecule has 2 rings (SSSR count). The van der Waals surface area contributed by atoms with E-state index >= 15 is 0 Å². The second-order valence-electron chi connectivity index (χ2n) is 8.09. The van der Waals surface area contributed by atoms with Crippen molar-refractivity contribution in [2.45, 2.75) is 70.2 Å². The molecule has 1 aromatic carbocycles. The van der Waals surface area contributed by atoms with Crippen molar-refractivity contribution in [3.8, 4) is 0 Å². The van der Waals surface area contributed by atoms with Gasteiger partial charge in [-0.2, -0.15) is 0 Å². The van der Waals surface area contributed by atoms with Crippen LogP contribution in [0.1, 0.15) is 32.8 Å². The normalized spacial score (nSPS) is 25.2. The first-order chi connectivity index (χ1) is 11.2. The fraction of sp³-hybridized carbons (Fsp3) is 0.684. The molecule has 0 aromatic heterocycles. The van der Waals surface area contributed by atoms with Crippen LogP contribution < -0.4 is 0 Å². The summed E-state index contributed by atoms with van der Waals surface area (Å²) in [5.41, 5.74) is 1.21. The zero-order valence-electron chi connectivity index (χ0n) is 15.5. The third-order valence-corrected chi connectivity index (χ3v) is 10.7. The molecule has 0 saturated carbocycles. The van der Waals surface area contributed by atoms with Crippen molar-refractivity contribution < 1.29 is 13.9 Å². The predicted octanol–water partition coefficient (Wildman–Crippen LogP) is 5.19. The van der Waals surface area contributed by atoms with Gasteiger partial charge in [0.1, 0.15) is 6.10 Å². The maximum atomic E-state index is 6.38. The van der Waals surface area contributed by atoms with Crippen LogP contribution in [0.15, 0.2) is 30.3 Å². The van der Waals surface area contributed by atoms with Crippen molar-refractivity contribution in [3.05, 3.63) is 35.9 Å². The lowest BCUT2D eigenvalue weighted by atomic mass is 10.1. The van der Waals surface area contributed by atoms with E-state index in [2.05, 4.69) is 80.7 Å². The Kier molecular flexibility index (Phi) is 7.31. The van der Waals surface area contributed by atoms with Crippen LogP contribution in [-0.4, -0.2) is 37.7 Å². The lowest BCUT2D eigenvalue weighted by Gasteiger charge is -2.37. The molecule has 1 aliphatic heterocycles. The SMILES string of the molecule is CC(C)(C)[Si](C)(C)OC[C@@H]1O[C@@H](CI)C[C@@H]1OCc1ccccc1. The monoisotopic (exact) mass is 462 g/mol. The van der Waals surface area contributed by atoms with Gasteiger partial charge >= 0.3 is 0 Å². The molecular weight excluding hydrogens is 431 g/mol. The Morgan fingerprint density at radius 2 is 1.88 bits per heavy atom. The van der Waals surface area contributed by atoms with Crippen molar-refractivity contribution in [1.82, 2.24) is 0 Å². The maximum Gasteiger partial charge on any atom is 0.192 e. The average Bonchev–Trinajstić information content (AvgIpc) is 2.93. The Hall–Kier alpha value is 0.0469. The van der Waals surface area contributed by atoms with Crippen LogP contribution in [0, 0.1) is 0 Å². The van der Waals surface area contributed by atoms with Gasteiger partial charge < -0.3 is 13.9 Å². The molecule has 0 radical (unpaired) electrons. The third-order valence-electron chi connectivity index (χ3n) is 5.17. The van der Waals surface area contributed by atoms with Crippen LogP contribution in [0.3, 0.4) is 0 Å². The Morgan fingerprint density at radius 3 is 2.46 bits per heavy atom. The van der Waals surface area contributed by atoms with Gasteiger partial charge in [0.15, 0.2) is 8.32 Å². The van der Waals surface area contributed by atoms with Gasteiger partial charge in [0, 0.05) is 10.8 Å². The zero-order valence-corrected chi connectivity index (χ0v) is 18.7. The molecule has 3 atom stereocenters. The number of ether oxygens (including phenoxy) is 2. The van der Waals surface area contributed by atoms with Crippen molar-refractivity contribution in [1.29, 1.82) is 0 Å². The minimum Gasteiger partial charge on any atom is -0.414 e. The van der Waals surface area contributed by atoms with Gasteiger partial charge in [0.2, 0.25) is 0 Å². The number of benzene rings is 1. The highest BCUT2D eigenvalue weighted by molar-refractivity contribution is 14.1. The Balaban J connectivity index is 1.93. The van der Waals surface area contributed by atoms with E-state index in [0.717, 1.165) is 10.8 Å². The van der Waals surface area contributed by atoms with E-state index < -0.39 is 8.32 Å². The third kappa shape index (κ3) is 5.52. The fourth-order valence-electron chi connectivity index (χ4n) is 2.51. The van der Waals surface area contributed by atoms with E-state index in [-0.39, 0.29) is 23.4 Å². The summed E-state index contributed by atoms with van der Waals surface area (Å²) in [6.07, 6.45) is 1.40. The average molecular weight is 462 g/mol. The molecule has 1 aromatic rings. The van der Waals surface area contributed by atoms with Gasteiger partial charge in [0.05, 0.1) is 25.4 Å². The Labute approximate surface area is 161 Å². The largest absolute Gasteiger partial charge is 0.414 e. The van der Waals surface area contributed by atoms with Gasteiger partial charge in [-0.1, -0.05) is 73.7 Å². The molecule has 0 amide bonds. The van der Waals surface area contributed by atoms with Crippen molar-refractivity contribution in [2.24, 2.45) is 0 Å². The van der Waals surface area contributed by atoms with Crippen LogP contribution in [0.5, 0.6) is 0 Å². The molecule has 0 bridgehead atoms. The Bertz CT molecular complexity index is 501. The molecule has 24 heavy (non-hydrogen) atoms. The molecule has 136 valence electrons. The molecule has 1 saturated heterocycles. The second kappa shape index (κ2) is 8.62. The van der Waals surface area contributed by atoms with Crippen LogP contribution in [-0.2, 0) is 20.5 Å². The summed E-state index contributed by atoms with van der Waals surface area (Å²) in [5, 5.41) is 0.217. The minimum absolute atomic E-state index is 0.0441. The molecule has 0 spiro atoms. The molecule has 0 N–H and O–H groups in total. The van der Waals surface area contributed by atoms with Gasteiger partial charge in [-0.15, -0.1) is 0 Å². The Morgan fingerprint density at radius 1 is 1.21 bits per heavy atom. The van der Waals surface area contributed by atoms with E-state index in [1.807, 2.05) is 6.07 Å². The van der Waals surface area contributed by atoms with E-state index in [1.165, 1.54) is 5.56 Å². The number of halogens is 1. The van der Waals surface area contributed by atoms with Crippen LogP contribution in [0.2, 0.25) is 18.1 Å². The van der Waals surface area contributed by atoms with E-state index in [0.29, 0.717) is 13.2 Å². The number of hydrogen-bond acceptors (Lipinski definition) is 3. The summed E-state index contributed by atoms with van der Waals surface area (Å²) < 4.78 is 19.8. The summed E-state index contributed by atoms with van der Waals surface area (Å²) in [4.78, 5) is 0. The van der Waals surface area contributed by atoms with E-state index in [1.54, 1.807) is 0 Å². The smallest absolute Gasteiger partial charge is 0.192 e. The molecule has 0 unspecified atom stereocenters. The molecule has 1 fully saturated rings. The van der Waals surface area contributed by atoms with Crippen molar-refractivity contribution in [2.75, 3.05) is 11.0 Å². The van der Waals surface area contributed by atoms with Gasteiger partial charge in [0.25, 0.3) is 0 Å². The molecule has 3 nitrogen and oxygen atoms in total. The number of alkyl halides is 1. The lowest BCUT2D eigenvalue weighted by molar-refractivity contribution is -0.0461. The van der Waals surface area contributed by atoms with Crippen molar-refractivity contribution >= 4 is 30.9 Å². The number of rotatable bonds is 7. The molecule has 5 heteroatoms. The topological polar surface area (TPSA) is 27.7 Å². The van der Waals surface area contributed by atoms with Gasteiger partial charge in [-0.25, -0.2) is 0 Å². The summed E-state index contributed by atoms with van der Waals surface area (Å²) in [5.74, 6) is 0. The summed E-state index contributed by atoms with van der Waals surface area (Å²) in [6, 6.07) is 10.3. The summed E-state index contributed by atoms with van der Waals surface area (Å²) >= 11 is 2.39. The van der Waals surface area contributed by atoms with E-state index in [4.69, 9.17) is 13.9 Å². The molecule has 1 heterocycles. The molecule has 0 aliphatic carbocycles. The quantitative estimate of drug-likeness (QED) is 0.317. The minimum atomic E-state index is -1.76. The summed E-state index contributed by atoms with van der Waals surface area (Å²) in [6.45, 7) is 12.7. The van der Waals surface area contributed by atoms with Crippen LogP contribution >= 0.6 is 22.6 Å². The lowest BCUT2D eigenvalue weighted by Crippen LogP contribution is -2.44. The van der Waals surface area contributed by atoms with Crippen LogP contribution in [0.4, 0.5) is 0 Å². The first-order valence-electron chi connectivity index (χ1n) is 8.74. The van der Waals surface area contributed by atoms with E-state index in [9.17, 15) is 0 Å². The van der Waals surface area contributed by atoms with Gasteiger partial charge in [-0.05, 0) is 23.7 Å². The zero-order chi connectivity index (χ0) is 17.8. The molecular formula is C19H31IO3Si. The highest BCUT2D eigenvalue weighted by Crippen LogP contribution is 2.37. The molecule has 1 aliphatic rings. The van der Waals surface area contributed by atoms with Crippen molar-refractivity contribution in [3.63, 3.8) is 0 Å². The fourth-order valence-corrected chi connectivity index (χ4v) is 4.09. The maximum absolute atomic E-state index is 6.38. The first-order valence-corrected chi connectivity index (χ1v) is 13.2. The highest BCUT2D eigenvalue weighted by Gasteiger charge is 2.41. The summed E-state index contributed by atoms with van der Waals surface area (Å²) in [7, 11) is -1.76. The number of hydrogen-bond donors (Lipinski definition) is 0.